The third-order valence-corrected chi connectivity index (χ3v) is 8.56. The van der Waals surface area contributed by atoms with Crippen molar-refractivity contribution in [1.82, 2.24) is 9.55 Å². The number of imidazole rings is 1. The molecule has 5 rings (SSSR count). The smallest absolute Gasteiger partial charge is 0.392 e. The summed E-state index contributed by atoms with van der Waals surface area (Å²) in [6.07, 6.45) is 0.810. The number of aliphatic hydroxyl groups excluding tert-OH is 1. The molecule has 0 amide bonds. The highest BCUT2D eigenvalue weighted by atomic mass is 35.5. The average Bonchev–Trinajstić information content (AvgIpc) is 3.38. The first-order valence-electron chi connectivity index (χ1n) is 13.1. The van der Waals surface area contributed by atoms with Crippen LogP contribution in [0.2, 0.25) is 10.0 Å². The molecule has 0 atom stereocenters. The van der Waals surface area contributed by atoms with E-state index in [2.05, 4.69) is 4.72 Å². The Morgan fingerprint density at radius 3 is 2.25 bits per heavy atom. The largest absolute Gasteiger partial charge is 0.416 e. The summed E-state index contributed by atoms with van der Waals surface area (Å²) >= 11 is 12.5. The predicted molar refractivity (Wildman–Crippen MR) is 167 cm³/mol. The van der Waals surface area contributed by atoms with Gasteiger partial charge in [-0.25, -0.2) is 13.4 Å². The number of benzene rings is 4. The second kappa shape index (κ2) is 12.9. The highest BCUT2D eigenvalue weighted by Crippen LogP contribution is 2.32. The van der Waals surface area contributed by atoms with Crippen LogP contribution >= 0.6 is 23.2 Å². The SMILES string of the molecule is O=S(=O)(Nc1ccc(/C=C/c2nc(-c3ccc(Cl)cc3Cl)cn2Cc2ccc(CO)cc2)cc1)c1cccc(C(F)(F)F)c1. The summed E-state index contributed by atoms with van der Waals surface area (Å²) in [7, 11) is -4.25. The summed E-state index contributed by atoms with van der Waals surface area (Å²) in [6.45, 7) is 0.434. The molecule has 1 aromatic heterocycles. The zero-order valence-corrected chi connectivity index (χ0v) is 25.1. The molecule has 44 heavy (non-hydrogen) atoms. The van der Waals surface area contributed by atoms with Gasteiger partial charge in [-0.05, 0) is 71.3 Å². The van der Waals surface area contributed by atoms with Crippen molar-refractivity contribution in [3.05, 3.63) is 135 Å². The number of alkyl halides is 3. The second-order valence-electron chi connectivity index (χ2n) is 9.80. The van der Waals surface area contributed by atoms with Gasteiger partial charge in [0.25, 0.3) is 10.0 Å². The Kier molecular flexibility index (Phi) is 9.17. The fraction of sp³-hybridized carbons (Fsp3) is 0.0938. The first-order chi connectivity index (χ1) is 20.9. The van der Waals surface area contributed by atoms with Crippen LogP contribution in [0.1, 0.15) is 28.1 Å². The number of sulfonamides is 1. The zero-order valence-electron chi connectivity index (χ0n) is 22.8. The molecular weight excluding hydrogens is 634 g/mol. The Labute approximate surface area is 262 Å². The molecule has 6 nitrogen and oxygen atoms in total. The Morgan fingerprint density at radius 1 is 0.886 bits per heavy atom. The van der Waals surface area contributed by atoms with Crippen molar-refractivity contribution in [1.29, 1.82) is 0 Å². The maximum atomic E-state index is 13.1. The van der Waals surface area contributed by atoms with Crippen LogP contribution in [0, 0.1) is 0 Å². The average molecular weight is 659 g/mol. The Balaban J connectivity index is 1.38. The lowest BCUT2D eigenvalue weighted by Crippen LogP contribution is -2.14. The van der Waals surface area contributed by atoms with E-state index in [0.29, 0.717) is 39.7 Å². The number of aromatic nitrogens is 2. The van der Waals surface area contributed by atoms with Crippen LogP contribution in [-0.4, -0.2) is 23.1 Å². The number of hydrogen-bond acceptors (Lipinski definition) is 4. The molecule has 1 heterocycles. The van der Waals surface area contributed by atoms with Crippen molar-refractivity contribution in [3.8, 4) is 11.3 Å². The zero-order chi connectivity index (χ0) is 31.5. The molecule has 0 unspecified atom stereocenters. The number of halogens is 5. The van der Waals surface area contributed by atoms with E-state index >= 15 is 0 Å². The van der Waals surface area contributed by atoms with E-state index < -0.39 is 26.7 Å². The third kappa shape index (κ3) is 7.51. The molecule has 0 aliphatic rings. The molecule has 12 heteroatoms. The molecule has 0 saturated carbocycles. The van der Waals surface area contributed by atoms with Gasteiger partial charge < -0.3 is 9.67 Å². The van der Waals surface area contributed by atoms with E-state index in [1.807, 2.05) is 35.0 Å². The van der Waals surface area contributed by atoms with Gasteiger partial charge in [0.1, 0.15) is 5.82 Å². The van der Waals surface area contributed by atoms with E-state index in [-0.39, 0.29) is 12.3 Å². The summed E-state index contributed by atoms with van der Waals surface area (Å²) in [4.78, 5) is 4.28. The maximum absolute atomic E-state index is 13.1. The minimum absolute atomic E-state index is 0.0515. The van der Waals surface area contributed by atoms with Crippen LogP contribution in [0.5, 0.6) is 0 Å². The molecule has 0 fully saturated rings. The first kappa shape index (κ1) is 31.3. The Morgan fingerprint density at radius 2 is 1.59 bits per heavy atom. The number of hydrogen-bond donors (Lipinski definition) is 2. The topological polar surface area (TPSA) is 84.2 Å². The molecule has 0 bridgehead atoms. The standard InChI is InChI=1S/C32H24Cl2F3N3O3S/c33-25-11-14-28(29(34)17-25)30-19-40(18-22-4-6-23(20-41)7-5-22)31(38-30)15-10-21-8-12-26(13-9-21)39-44(42,43)27-3-1-2-24(16-27)32(35,36)37/h1-17,19,39,41H,18,20H2/b15-10+. The number of nitrogens with one attached hydrogen (secondary N) is 1. The highest BCUT2D eigenvalue weighted by molar-refractivity contribution is 7.92. The van der Waals surface area contributed by atoms with Gasteiger partial charge in [-0.1, -0.05) is 71.7 Å². The van der Waals surface area contributed by atoms with Crippen LogP contribution in [0.3, 0.4) is 0 Å². The van der Waals surface area contributed by atoms with Gasteiger partial charge in [0, 0.05) is 29.0 Å². The molecule has 2 N–H and O–H groups in total. The van der Waals surface area contributed by atoms with E-state index in [0.717, 1.165) is 34.9 Å². The van der Waals surface area contributed by atoms with Crippen LogP contribution in [-0.2, 0) is 29.4 Å². The van der Waals surface area contributed by atoms with Crippen molar-refractivity contribution in [2.45, 2.75) is 24.2 Å². The summed E-state index contributed by atoms with van der Waals surface area (Å²) in [5.74, 6) is 0.617. The number of aliphatic hydroxyl groups is 1. The number of rotatable bonds is 9. The van der Waals surface area contributed by atoms with Gasteiger partial charge in [-0.15, -0.1) is 0 Å². The van der Waals surface area contributed by atoms with Crippen LogP contribution < -0.4 is 4.72 Å². The maximum Gasteiger partial charge on any atom is 0.416 e. The monoisotopic (exact) mass is 657 g/mol. The van der Waals surface area contributed by atoms with Crippen LogP contribution in [0.4, 0.5) is 18.9 Å². The van der Waals surface area contributed by atoms with Crippen molar-refractivity contribution in [2.75, 3.05) is 4.72 Å². The van der Waals surface area contributed by atoms with Gasteiger partial charge in [-0.3, -0.25) is 4.72 Å². The van der Waals surface area contributed by atoms with Crippen molar-refractivity contribution < 1.29 is 26.7 Å². The lowest BCUT2D eigenvalue weighted by atomic mass is 10.1. The third-order valence-electron chi connectivity index (χ3n) is 6.63. The van der Waals surface area contributed by atoms with E-state index in [1.165, 1.54) is 12.1 Å². The lowest BCUT2D eigenvalue weighted by Gasteiger charge is -2.11. The van der Waals surface area contributed by atoms with Gasteiger partial charge in [0.15, 0.2) is 0 Å². The van der Waals surface area contributed by atoms with Crippen molar-refractivity contribution in [2.24, 2.45) is 0 Å². The van der Waals surface area contributed by atoms with E-state index in [1.54, 1.807) is 42.5 Å². The minimum atomic E-state index is -4.67. The summed E-state index contributed by atoms with van der Waals surface area (Å²) in [5, 5.41) is 10.3. The van der Waals surface area contributed by atoms with Crippen molar-refractivity contribution in [3.63, 3.8) is 0 Å². The minimum Gasteiger partial charge on any atom is -0.392 e. The molecule has 0 radical (unpaired) electrons. The quantitative estimate of drug-likeness (QED) is 0.167. The summed E-state index contributed by atoms with van der Waals surface area (Å²) < 4.78 is 68.9. The van der Waals surface area contributed by atoms with Gasteiger partial charge in [0.05, 0.1) is 27.8 Å². The fourth-order valence-electron chi connectivity index (χ4n) is 4.35. The molecule has 226 valence electrons. The van der Waals surface area contributed by atoms with E-state index in [9.17, 15) is 26.7 Å². The molecule has 0 saturated heterocycles. The Bertz CT molecular complexity index is 1920. The van der Waals surface area contributed by atoms with Gasteiger partial charge in [0.2, 0.25) is 0 Å². The Hall–Kier alpha value is -4.09. The highest BCUT2D eigenvalue weighted by Gasteiger charge is 2.31. The molecule has 0 aliphatic heterocycles. The predicted octanol–water partition coefficient (Wildman–Crippen LogP) is 8.39. The number of anilines is 1. The molecule has 4 aromatic carbocycles. The first-order valence-corrected chi connectivity index (χ1v) is 15.3. The fourth-order valence-corrected chi connectivity index (χ4v) is 5.96. The van der Waals surface area contributed by atoms with E-state index in [4.69, 9.17) is 28.2 Å². The summed E-state index contributed by atoms with van der Waals surface area (Å²) in [6, 6.07) is 22.6. The number of nitrogens with zero attached hydrogens (tertiary/aromatic N) is 2. The molecule has 0 spiro atoms. The summed E-state index contributed by atoms with van der Waals surface area (Å²) in [5.41, 5.74) is 2.99. The van der Waals surface area contributed by atoms with Gasteiger partial charge >= 0.3 is 6.18 Å². The van der Waals surface area contributed by atoms with Crippen LogP contribution in [0.25, 0.3) is 23.4 Å². The molecule has 0 aliphatic carbocycles. The van der Waals surface area contributed by atoms with Crippen molar-refractivity contribution >= 4 is 51.1 Å². The lowest BCUT2D eigenvalue weighted by molar-refractivity contribution is -0.137. The normalized spacial score (nSPS) is 12.1. The van der Waals surface area contributed by atoms with Gasteiger partial charge in [-0.2, -0.15) is 13.2 Å². The molecular formula is C32H24Cl2F3N3O3S. The second-order valence-corrected chi connectivity index (χ2v) is 12.3. The molecule has 5 aromatic rings. The van der Waals surface area contributed by atoms with Crippen LogP contribution in [0.15, 0.2) is 102 Å².